The Labute approximate surface area is 104 Å². The summed E-state index contributed by atoms with van der Waals surface area (Å²) in [6, 6.07) is 0. The minimum Gasteiger partial charge on any atom is -0.356 e. The van der Waals surface area contributed by atoms with Gasteiger partial charge < -0.3 is 14.4 Å². The molecule has 1 N–H and O–H groups in total. The van der Waals surface area contributed by atoms with Crippen LogP contribution in [-0.2, 0) is 18.4 Å². The topological polar surface area (TPSA) is 64.6 Å². The van der Waals surface area contributed by atoms with Gasteiger partial charge in [-0.2, -0.15) is 0 Å². The molecule has 0 rings (SSSR count). The zero-order valence-corrected chi connectivity index (χ0v) is 11.9. The second-order valence-corrected chi connectivity index (χ2v) is 5.81. The summed E-state index contributed by atoms with van der Waals surface area (Å²) in [5, 5.41) is 2.77. The lowest BCUT2D eigenvalue weighted by molar-refractivity contribution is -0.121. The number of nitrogens with one attached hydrogen (secondary N) is 1. The molecule has 0 fully saturated rings. The van der Waals surface area contributed by atoms with Crippen LogP contribution < -0.4 is 5.32 Å². The van der Waals surface area contributed by atoms with E-state index >= 15 is 0 Å². The van der Waals surface area contributed by atoms with Gasteiger partial charge in [0, 0.05) is 13.0 Å². The van der Waals surface area contributed by atoms with Crippen molar-refractivity contribution in [3.8, 4) is 0 Å². The average Bonchev–Trinajstić information content (AvgIpc) is 2.27. The highest BCUT2D eigenvalue weighted by molar-refractivity contribution is 7.53. The van der Waals surface area contributed by atoms with Crippen LogP contribution >= 0.6 is 7.60 Å². The van der Waals surface area contributed by atoms with Gasteiger partial charge in [-0.15, -0.1) is 0 Å². The quantitative estimate of drug-likeness (QED) is 0.616. The summed E-state index contributed by atoms with van der Waals surface area (Å²) >= 11 is 0. The lowest BCUT2D eigenvalue weighted by atomic mass is 10.3. The fourth-order valence-corrected chi connectivity index (χ4v) is 3.01. The molecule has 0 aliphatic rings. The van der Waals surface area contributed by atoms with Gasteiger partial charge in [0.25, 0.3) is 0 Å². The highest BCUT2D eigenvalue weighted by Gasteiger charge is 2.22. The van der Waals surface area contributed by atoms with E-state index in [1.54, 1.807) is 13.8 Å². The minimum atomic E-state index is -2.98. The second kappa shape index (κ2) is 9.63. The van der Waals surface area contributed by atoms with E-state index in [0.29, 0.717) is 38.8 Å². The van der Waals surface area contributed by atoms with Crippen LogP contribution in [0.3, 0.4) is 0 Å². The van der Waals surface area contributed by atoms with Crippen molar-refractivity contribution in [2.24, 2.45) is 0 Å². The summed E-state index contributed by atoms with van der Waals surface area (Å²) in [5.41, 5.74) is 0. The molecule has 0 unspecified atom stereocenters. The van der Waals surface area contributed by atoms with Crippen LogP contribution in [0, 0.1) is 0 Å². The van der Waals surface area contributed by atoms with Gasteiger partial charge in [0.1, 0.15) is 0 Å². The van der Waals surface area contributed by atoms with Gasteiger partial charge in [-0.3, -0.25) is 9.36 Å². The van der Waals surface area contributed by atoms with Crippen LogP contribution in [0.25, 0.3) is 0 Å². The van der Waals surface area contributed by atoms with Crippen molar-refractivity contribution in [2.75, 3.05) is 25.9 Å². The Kier molecular flexibility index (Phi) is 9.41. The van der Waals surface area contributed by atoms with Crippen molar-refractivity contribution < 1.29 is 18.4 Å². The molecular weight excluding hydrogens is 241 g/mol. The predicted molar refractivity (Wildman–Crippen MR) is 68.3 cm³/mol. The maximum atomic E-state index is 12.0. The first kappa shape index (κ1) is 16.6. The summed E-state index contributed by atoms with van der Waals surface area (Å²) < 4.78 is 22.3. The highest BCUT2D eigenvalue weighted by atomic mass is 31.2. The van der Waals surface area contributed by atoms with Crippen molar-refractivity contribution in [3.05, 3.63) is 0 Å². The molecule has 0 aliphatic heterocycles. The van der Waals surface area contributed by atoms with Gasteiger partial charge in [-0.1, -0.05) is 6.92 Å². The Hall–Kier alpha value is -0.380. The molecule has 0 spiro atoms. The minimum absolute atomic E-state index is 0.00797. The number of rotatable bonds is 10. The number of amides is 1. The lowest BCUT2D eigenvalue weighted by Gasteiger charge is -2.16. The Bertz CT molecular complexity index is 248. The molecule has 0 bridgehead atoms. The zero-order valence-electron chi connectivity index (χ0n) is 11.0. The van der Waals surface area contributed by atoms with Gasteiger partial charge in [0.15, 0.2) is 0 Å². The summed E-state index contributed by atoms with van der Waals surface area (Å²) in [6.07, 6.45) is 2.10. The molecule has 0 heterocycles. The SMILES string of the molecule is CCCNC(=O)CCCP(=O)(OCC)OCC. The van der Waals surface area contributed by atoms with Crippen LogP contribution in [-0.4, -0.2) is 31.8 Å². The van der Waals surface area contributed by atoms with E-state index in [0.717, 1.165) is 6.42 Å². The number of hydrogen-bond donors (Lipinski definition) is 1. The van der Waals surface area contributed by atoms with Crippen LogP contribution in [0.15, 0.2) is 0 Å². The van der Waals surface area contributed by atoms with Gasteiger partial charge in [0.05, 0.1) is 19.4 Å². The van der Waals surface area contributed by atoms with E-state index in [9.17, 15) is 9.36 Å². The molecule has 0 radical (unpaired) electrons. The fraction of sp³-hybridized carbons (Fsp3) is 0.909. The van der Waals surface area contributed by atoms with Crippen molar-refractivity contribution in [1.29, 1.82) is 0 Å². The van der Waals surface area contributed by atoms with E-state index in [4.69, 9.17) is 9.05 Å². The summed E-state index contributed by atoms with van der Waals surface area (Å²) in [4.78, 5) is 11.3. The maximum Gasteiger partial charge on any atom is 0.330 e. The van der Waals surface area contributed by atoms with Crippen molar-refractivity contribution in [3.63, 3.8) is 0 Å². The second-order valence-electron chi connectivity index (χ2n) is 3.62. The van der Waals surface area contributed by atoms with Crippen LogP contribution in [0.4, 0.5) is 0 Å². The Morgan fingerprint density at radius 1 is 1.18 bits per heavy atom. The zero-order chi connectivity index (χ0) is 13.1. The molecule has 1 amide bonds. The molecule has 0 aromatic heterocycles. The van der Waals surface area contributed by atoms with Crippen LogP contribution in [0.5, 0.6) is 0 Å². The fourth-order valence-electron chi connectivity index (χ4n) is 1.35. The number of hydrogen-bond acceptors (Lipinski definition) is 4. The summed E-state index contributed by atoms with van der Waals surface area (Å²) in [5.74, 6) is -0.00797. The third-order valence-electron chi connectivity index (χ3n) is 2.06. The Morgan fingerprint density at radius 2 is 1.76 bits per heavy atom. The first-order valence-corrected chi connectivity index (χ1v) is 7.95. The van der Waals surface area contributed by atoms with Gasteiger partial charge in [-0.05, 0) is 26.7 Å². The molecule has 17 heavy (non-hydrogen) atoms. The molecule has 0 aromatic rings. The van der Waals surface area contributed by atoms with Gasteiger partial charge in [0.2, 0.25) is 5.91 Å². The highest BCUT2D eigenvalue weighted by Crippen LogP contribution is 2.48. The third-order valence-corrected chi connectivity index (χ3v) is 4.23. The summed E-state index contributed by atoms with van der Waals surface area (Å²) in [7, 11) is -2.98. The molecule has 0 atom stereocenters. The molecule has 0 aliphatic carbocycles. The number of carbonyl (C=O) groups excluding carboxylic acids is 1. The third kappa shape index (κ3) is 8.36. The molecule has 0 saturated carbocycles. The van der Waals surface area contributed by atoms with E-state index in [2.05, 4.69) is 5.32 Å². The maximum absolute atomic E-state index is 12.0. The average molecular weight is 265 g/mol. The first-order chi connectivity index (χ1) is 8.08. The van der Waals surface area contributed by atoms with Gasteiger partial charge in [-0.25, -0.2) is 0 Å². The molecule has 102 valence electrons. The van der Waals surface area contributed by atoms with E-state index < -0.39 is 7.60 Å². The normalized spacial score (nSPS) is 11.5. The smallest absolute Gasteiger partial charge is 0.330 e. The molecule has 6 heteroatoms. The molecule has 0 aromatic carbocycles. The largest absolute Gasteiger partial charge is 0.356 e. The monoisotopic (exact) mass is 265 g/mol. The number of carbonyl (C=O) groups is 1. The lowest BCUT2D eigenvalue weighted by Crippen LogP contribution is -2.23. The predicted octanol–water partition coefficient (Wildman–Crippen LogP) is 2.56. The van der Waals surface area contributed by atoms with Crippen molar-refractivity contribution in [1.82, 2.24) is 5.32 Å². The van der Waals surface area contributed by atoms with E-state index in [1.165, 1.54) is 0 Å². The first-order valence-electron chi connectivity index (χ1n) is 6.22. The Morgan fingerprint density at radius 3 is 2.24 bits per heavy atom. The van der Waals surface area contributed by atoms with E-state index in [-0.39, 0.29) is 5.91 Å². The molecular formula is C11H24NO4P. The Balaban J connectivity index is 3.89. The van der Waals surface area contributed by atoms with Gasteiger partial charge >= 0.3 is 7.60 Å². The summed E-state index contributed by atoms with van der Waals surface area (Å²) in [6.45, 7) is 6.96. The van der Waals surface area contributed by atoms with Crippen LogP contribution in [0.2, 0.25) is 0 Å². The van der Waals surface area contributed by atoms with Crippen molar-refractivity contribution >= 4 is 13.5 Å². The molecule has 0 saturated heterocycles. The van der Waals surface area contributed by atoms with Crippen LogP contribution in [0.1, 0.15) is 40.0 Å². The molecule has 5 nitrogen and oxygen atoms in total. The van der Waals surface area contributed by atoms with Crippen molar-refractivity contribution in [2.45, 2.75) is 40.0 Å². The van der Waals surface area contributed by atoms with E-state index in [1.807, 2.05) is 6.92 Å². The standard InChI is InChI=1S/C11H24NO4P/c1-4-9-12-11(13)8-7-10-17(14,15-5-2)16-6-3/h4-10H2,1-3H3,(H,12,13).